The number of methoxy groups -OCH3 is 1. The highest BCUT2D eigenvalue weighted by atomic mass is 16.5. The molecule has 1 aromatic carbocycles. The van der Waals surface area contributed by atoms with Gasteiger partial charge in [0.1, 0.15) is 5.75 Å². The topological polar surface area (TPSA) is 39.4 Å². The fourth-order valence-electron chi connectivity index (χ4n) is 1.90. The van der Waals surface area contributed by atoms with E-state index in [0.717, 1.165) is 22.8 Å². The summed E-state index contributed by atoms with van der Waals surface area (Å²) in [4.78, 5) is 4.50. The second-order valence-electron chi connectivity index (χ2n) is 4.17. The number of pyridine rings is 1. The van der Waals surface area contributed by atoms with E-state index >= 15 is 0 Å². The normalized spacial score (nSPS) is 10.8. The molecule has 0 bridgehead atoms. The van der Waals surface area contributed by atoms with Crippen LogP contribution in [0.2, 0.25) is 0 Å². The van der Waals surface area contributed by atoms with E-state index in [1.165, 1.54) is 5.56 Å². The van der Waals surface area contributed by atoms with E-state index in [9.17, 15) is 0 Å². The van der Waals surface area contributed by atoms with Gasteiger partial charge in [-0.25, -0.2) is 9.50 Å². The van der Waals surface area contributed by atoms with Gasteiger partial charge in [0, 0.05) is 17.8 Å². The molecule has 18 heavy (non-hydrogen) atoms. The van der Waals surface area contributed by atoms with E-state index in [-0.39, 0.29) is 0 Å². The Morgan fingerprint density at radius 3 is 2.83 bits per heavy atom. The number of ether oxygens (including phenoxy) is 1. The van der Waals surface area contributed by atoms with Gasteiger partial charge in [0.25, 0.3) is 0 Å². The molecule has 2 aromatic heterocycles. The zero-order valence-electron chi connectivity index (χ0n) is 10.3. The summed E-state index contributed by atoms with van der Waals surface area (Å²) in [5.74, 6) is 1.51. The van der Waals surface area contributed by atoms with Crippen molar-refractivity contribution in [3.8, 4) is 17.1 Å². The first-order chi connectivity index (χ1) is 8.76. The van der Waals surface area contributed by atoms with Crippen LogP contribution in [0, 0.1) is 6.92 Å². The highest BCUT2D eigenvalue weighted by molar-refractivity contribution is 5.59. The Hall–Kier alpha value is -2.36. The van der Waals surface area contributed by atoms with Crippen LogP contribution in [-0.4, -0.2) is 21.7 Å². The molecule has 3 aromatic rings. The molecule has 3 rings (SSSR count). The van der Waals surface area contributed by atoms with Crippen molar-refractivity contribution in [3.05, 3.63) is 48.2 Å². The molecule has 4 heteroatoms. The minimum atomic E-state index is 0.729. The van der Waals surface area contributed by atoms with Crippen LogP contribution >= 0.6 is 0 Å². The predicted molar refractivity (Wildman–Crippen MR) is 69.7 cm³/mol. The van der Waals surface area contributed by atoms with Crippen LogP contribution < -0.4 is 4.74 Å². The lowest BCUT2D eigenvalue weighted by molar-refractivity contribution is 0.414. The lowest BCUT2D eigenvalue weighted by Crippen LogP contribution is -1.88. The Bertz CT molecular complexity index is 703. The molecule has 0 amide bonds. The Morgan fingerprint density at radius 2 is 2.06 bits per heavy atom. The fraction of sp³-hybridized carbons (Fsp3) is 0.143. The molecule has 90 valence electrons. The summed E-state index contributed by atoms with van der Waals surface area (Å²) < 4.78 is 6.93. The van der Waals surface area contributed by atoms with Crippen LogP contribution in [0.1, 0.15) is 5.56 Å². The Labute approximate surface area is 105 Å². The van der Waals surface area contributed by atoms with E-state index in [0.29, 0.717) is 0 Å². The van der Waals surface area contributed by atoms with Crippen molar-refractivity contribution in [1.29, 1.82) is 0 Å². The molecule has 0 atom stereocenters. The van der Waals surface area contributed by atoms with Crippen molar-refractivity contribution >= 4 is 5.65 Å². The monoisotopic (exact) mass is 239 g/mol. The molecular formula is C14H13N3O. The summed E-state index contributed by atoms with van der Waals surface area (Å²) in [5, 5.41) is 4.45. The Kier molecular flexibility index (Phi) is 2.48. The molecular weight excluding hydrogens is 226 g/mol. The highest BCUT2D eigenvalue weighted by Crippen LogP contribution is 2.19. The van der Waals surface area contributed by atoms with Gasteiger partial charge in [0.2, 0.25) is 0 Å². The van der Waals surface area contributed by atoms with Crippen molar-refractivity contribution in [2.75, 3.05) is 7.11 Å². The summed E-state index contributed by atoms with van der Waals surface area (Å²) in [6.45, 7) is 2.06. The SMILES string of the molecule is COc1ccn2nc(-c3cccc(C)c3)nc2c1. The van der Waals surface area contributed by atoms with Crippen LogP contribution in [0.25, 0.3) is 17.0 Å². The molecule has 0 aliphatic rings. The number of aryl methyl sites for hydroxylation is 1. The molecule has 0 aliphatic carbocycles. The number of hydrogen-bond donors (Lipinski definition) is 0. The molecule has 0 radical (unpaired) electrons. The number of benzene rings is 1. The van der Waals surface area contributed by atoms with Gasteiger partial charge in [-0.3, -0.25) is 0 Å². The summed E-state index contributed by atoms with van der Waals surface area (Å²) in [7, 11) is 1.64. The van der Waals surface area contributed by atoms with E-state index in [1.807, 2.05) is 30.5 Å². The zero-order chi connectivity index (χ0) is 12.5. The molecule has 0 unspecified atom stereocenters. The Balaban J connectivity index is 2.13. The van der Waals surface area contributed by atoms with Crippen molar-refractivity contribution in [3.63, 3.8) is 0 Å². The average Bonchev–Trinajstić information content (AvgIpc) is 2.81. The lowest BCUT2D eigenvalue weighted by Gasteiger charge is -1.97. The molecule has 0 spiro atoms. The first kappa shape index (κ1) is 10.8. The second-order valence-corrected chi connectivity index (χ2v) is 4.17. The summed E-state index contributed by atoms with van der Waals surface area (Å²) in [6.07, 6.45) is 1.85. The highest BCUT2D eigenvalue weighted by Gasteiger charge is 2.06. The van der Waals surface area contributed by atoms with Crippen molar-refractivity contribution in [2.24, 2.45) is 0 Å². The molecule has 4 nitrogen and oxygen atoms in total. The number of fused-ring (bicyclic) bond motifs is 1. The average molecular weight is 239 g/mol. The van der Waals surface area contributed by atoms with Gasteiger partial charge >= 0.3 is 0 Å². The minimum Gasteiger partial charge on any atom is -0.497 e. The van der Waals surface area contributed by atoms with Crippen molar-refractivity contribution in [2.45, 2.75) is 6.92 Å². The summed E-state index contributed by atoms with van der Waals surface area (Å²) >= 11 is 0. The van der Waals surface area contributed by atoms with E-state index < -0.39 is 0 Å². The molecule has 0 saturated carbocycles. The first-order valence-corrected chi connectivity index (χ1v) is 5.74. The van der Waals surface area contributed by atoms with Crippen LogP contribution in [0.5, 0.6) is 5.75 Å². The number of hydrogen-bond acceptors (Lipinski definition) is 3. The van der Waals surface area contributed by atoms with Crippen LogP contribution in [0.4, 0.5) is 0 Å². The number of aromatic nitrogens is 3. The smallest absolute Gasteiger partial charge is 0.182 e. The molecule has 0 saturated heterocycles. The van der Waals surface area contributed by atoms with Gasteiger partial charge in [-0.15, -0.1) is 5.10 Å². The van der Waals surface area contributed by atoms with Crippen LogP contribution in [-0.2, 0) is 0 Å². The zero-order valence-corrected chi connectivity index (χ0v) is 10.3. The lowest BCUT2D eigenvalue weighted by atomic mass is 10.1. The summed E-state index contributed by atoms with van der Waals surface area (Å²) in [6, 6.07) is 11.9. The third kappa shape index (κ3) is 1.82. The minimum absolute atomic E-state index is 0.729. The maximum Gasteiger partial charge on any atom is 0.182 e. The third-order valence-electron chi connectivity index (χ3n) is 2.82. The standard InChI is InChI=1S/C14H13N3O/c1-10-4-3-5-11(8-10)14-15-13-9-12(18-2)6-7-17(13)16-14/h3-9H,1-2H3. The number of nitrogens with zero attached hydrogens (tertiary/aromatic N) is 3. The predicted octanol–water partition coefficient (Wildman–Crippen LogP) is 2.71. The van der Waals surface area contributed by atoms with E-state index in [1.54, 1.807) is 11.6 Å². The van der Waals surface area contributed by atoms with Crippen LogP contribution in [0.15, 0.2) is 42.6 Å². The van der Waals surface area contributed by atoms with Crippen LogP contribution in [0.3, 0.4) is 0 Å². The maximum absolute atomic E-state index is 5.18. The van der Waals surface area contributed by atoms with Gasteiger partial charge in [-0.2, -0.15) is 0 Å². The largest absolute Gasteiger partial charge is 0.497 e. The molecule has 0 fully saturated rings. The molecule has 2 heterocycles. The molecule has 0 N–H and O–H groups in total. The van der Waals surface area contributed by atoms with Gasteiger partial charge in [-0.1, -0.05) is 23.8 Å². The van der Waals surface area contributed by atoms with Gasteiger partial charge in [-0.05, 0) is 19.1 Å². The number of rotatable bonds is 2. The third-order valence-corrected chi connectivity index (χ3v) is 2.82. The Morgan fingerprint density at radius 1 is 1.17 bits per heavy atom. The maximum atomic E-state index is 5.18. The quantitative estimate of drug-likeness (QED) is 0.690. The molecule has 0 aliphatic heterocycles. The van der Waals surface area contributed by atoms with Crippen molar-refractivity contribution in [1.82, 2.24) is 14.6 Å². The fourth-order valence-corrected chi connectivity index (χ4v) is 1.90. The van der Waals surface area contributed by atoms with Crippen molar-refractivity contribution < 1.29 is 4.74 Å². The van der Waals surface area contributed by atoms with Gasteiger partial charge in [0.15, 0.2) is 11.5 Å². The van der Waals surface area contributed by atoms with Gasteiger partial charge in [0.05, 0.1) is 7.11 Å². The summed E-state index contributed by atoms with van der Waals surface area (Å²) in [5.41, 5.74) is 3.01. The second kappa shape index (κ2) is 4.14. The van der Waals surface area contributed by atoms with E-state index in [2.05, 4.69) is 29.1 Å². The van der Waals surface area contributed by atoms with E-state index in [4.69, 9.17) is 4.74 Å². The first-order valence-electron chi connectivity index (χ1n) is 5.74. The van der Waals surface area contributed by atoms with Gasteiger partial charge < -0.3 is 4.74 Å².